The average molecular weight is 974 g/mol. The molecule has 0 amide bonds. The second-order valence-corrected chi connectivity index (χ2v) is 21.5. The Hall–Kier alpha value is -5.29. The molecule has 6 heterocycles. The number of imidazole rings is 2. The van der Waals surface area contributed by atoms with E-state index in [4.69, 9.17) is 19.0 Å². The first-order chi connectivity index (χ1) is 33.9. The second-order valence-electron chi connectivity index (χ2n) is 21.5. The summed E-state index contributed by atoms with van der Waals surface area (Å²) in [6.07, 6.45) is 13.0. The van der Waals surface area contributed by atoms with Crippen molar-refractivity contribution in [1.29, 1.82) is 0 Å². The number of carbonyl (C=O) groups is 1. The van der Waals surface area contributed by atoms with Crippen LogP contribution in [0.2, 0.25) is 0 Å². The summed E-state index contributed by atoms with van der Waals surface area (Å²) in [5, 5.41) is 45.4. The molecule has 6 aromatic heterocycles. The molecule has 6 fully saturated rings. The SMILES string of the molecule is Cc1noc(C)c1-c1cc(C(O)(c2ccccn2)C2C(=O)C3CCC2C3)c2nc(C3CC3)[nH]c2c1.Cc1noc(C)c1-c1cc(C(O)(c2ccccn2)C2C3CCC(C3)C2O)c2nc(C3CC3)[nH]c2c1.[B].[H-].[Na+]. The van der Waals surface area contributed by atoms with E-state index < -0.39 is 23.2 Å². The molecule has 14 nitrogen and oxygen atoms in total. The first-order valence-corrected chi connectivity index (χ1v) is 25.3. The Bertz CT molecular complexity index is 3310. The predicted molar refractivity (Wildman–Crippen MR) is 267 cm³/mol. The molecule has 3 radical (unpaired) electrons. The first kappa shape index (κ1) is 49.0. The summed E-state index contributed by atoms with van der Waals surface area (Å²) >= 11 is 0. The third-order valence-corrected chi connectivity index (χ3v) is 17.2. The zero-order chi connectivity index (χ0) is 47.8. The standard InChI is InChI=1S/C28H30N4O3.C28H28N4O3.B.Na.H/c2*1-14-23(15(2)35-32-14)19-12-20(25-21(13-19)30-27(31-25)16-6-7-16)28(34,22-5-3-4-10-29-22)24-17-8-9-18(11-17)26(24)33;;;/h3-5,10,12-13,16-18,24,26,33-34H,6-9,11H2,1-2H3,(H,30,31);3-5,10,12-13,16-18,24,34H,6-9,11H2,1-2H3,(H,30,31);;;/q;;;+1;-1. The van der Waals surface area contributed by atoms with Crippen molar-refractivity contribution < 1.29 is 60.1 Å². The van der Waals surface area contributed by atoms with E-state index in [1.54, 1.807) is 12.4 Å². The van der Waals surface area contributed by atoms with E-state index in [1.807, 2.05) is 76.2 Å². The Morgan fingerprint density at radius 1 is 0.625 bits per heavy atom. The molecule has 6 aliphatic carbocycles. The van der Waals surface area contributed by atoms with E-state index in [9.17, 15) is 20.1 Å². The second kappa shape index (κ2) is 18.3. The average Bonchev–Trinajstić information content (AvgIpc) is 3.76. The maximum Gasteiger partial charge on any atom is 1.00 e. The van der Waals surface area contributed by atoms with Gasteiger partial charge in [0.05, 0.1) is 56.9 Å². The molecular weight excluding hydrogens is 914 g/mol. The van der Waals surface area contributed by atoms with Gasteiger partial charge in [0.1, 0.15) is 40.2 Å². The van der Waals surface area contributed by atoms with Crippen LogP contribution in [0.4, 0.5) is 0 Å². The van der Waals surface area contributed by atoms with Gasteiger partial charge in [-0.1, -0.05) is 22.4 Å². The number of hydrogen-bond donors (Lipinski definition) is 5. The summed E-state index contributed by atoms with van der Waals surface area (Å²) in [5.41, 5.74) is 7.75. The number of Topliss-reactive ketones (excluding diaryl/α,β-unsaturated/α-hetero) is 1. The molecule has 16 heteroatoms. The molecule has 0 spiro atoms. The summed E-state index contributed by atoms with van der Waals surface area (Å²) in [6.45, 7) is 7.66. The Balaban J connectivity index is 0.000000161. The van der Waals surface area contributed by atoms with Crippen LogP contribution in [0.25, 0.3) is 44.3 Å². The molecule has 8 aromatic rings. The van der Waals surface area contributed by atoms with Gasteiger partial charge in [-0.25, -0.2) is 9.97 Å². The summed E-state index contributed by atoms with van der Waals surface area (Å²) in [5.74, 6) is 4.12. The van der Waals surface area contributed by atoms with Crippen LogP contribution >= 0.6 is 0 Å². The number of ketones is 1. The number of aromatic nitrogens is 8. The molecule has 363 valence electrons. The van der Waals surface area contributed by atoms with Crippen LogP contribution < -0.4 is 29.6 Å². The maximum atomic E-state index is 13.6. The van der Waals surface area contributed by atoms with Gasteiger partial charge < -0.3 is 35.8 Å². The van der Waals surface area contributed by atoms with Crippen LogP contribution in [0.1, 0.15) is 135 Å². The Morgan fingerprint density at radius 3 is 1.54 bits per heavy atom. The summed E-state index contributed by atoms with van der Waals surface area (Å²) in [4.78, 5) is 39.9. The number of nitrogens with one attached hydrogen (secondary N) is 2. The zero-order valence-corrected chi connectivity index (χ0v) is 43.5. The van der Waals surface area contributed by atoms with Gasteiger partial charge in [-0.15, -0.1) is 0 Å². The van der Waals surface area contributed by atoms with Gasteiger partial charge in [-0.05, 0) is 169 Å². The molecule has 0 saturated heterocycles. The van der Waals surface area contributed by atoms with Gasteiger partial charge in [-0.2, -0.15) is 0 Å². The Labute approximate surface area is 443 Å². The number of carbonyl (C=O) groups excluding carboxylic acids is 1. The predicted octanol–water partition coefficient (Wildman–Crippen LogP) is 6.44. The number of rotatable bonds is 10. The number of benzene rings is 2. The van der Waals surface area contributed by atoms with Gasteiger partial charge in [0.25, 0.3) is 0 Å². The minimum absolute atomic E-state index is 0. The van der Waals surface area contributed by atoms with Crippen molar-refractivity contribution in [2.24, 2.45) is 35.5 Å². The maximum absolute atomic E-state index is 13.6. The van der Waals surface area contributed by atoms with Crippen LogP contribution in [0.3, 0.4) is 0 Å². The summed E-state index contributed by atoms with van der Waals surface area (Å²) in [7, 11) is 0. The quantitative estimate of drug-likeness (QED) is 0.0937. The van der Waals surface area contributed by atoms with E-state index >= 15 is 0 Å². The summed E-state index contributed by atoms with van der Waals surface area (Å²) in [6, 6.07) is 19.3. The monoisotopic (exact) mass is 973 g/mol. The van der Waals surface area contributed by atoms with E-state index in [-0.39, 0.29) is 74.8 Å². The van der Waals surface area contributed by atoms with Crippen molar-refractivity contribution in [3.05, 3.63) is 130 Å². The first-order valence-electron chi connectivity index (χ1n) is 25.3. The number of hydrogen-bond acceptors (Lipinski definition) is 12. The van der Waals surface area contributed by atoms with E-state index in [0.29, 0.717) is 45.6 Å². The molecule has 14 rings (SSSR count). The van der Waals surface area contributed by atoms with Gasteiger partial charge in [0.2, 0.25) is 0 Å². The third-order valence-electron chi connectivity index (χ3n) is 17.2. The molecule has 9 unspecified atom stereocenters. The van der Waals surface area contributed by atoms with Gasteiger partial charge in [0, 0.05) is 66.7 Å². The normalized spacial score (nSPS) is 25.8. The zero-order valence-electron chi connectivity index (χ0n) is 42.5. The van der Waals surface area contributed by atoms with Crippen LogP contribution in [0, 0.1) is 63.2 Å². The van der Waals surface area contributed by atoms with E-state index in [1.165, 1.54) is 0 Å². The third kappa shape index (κ3) is 7.70. The molecule has 5 N–H and O–H groups in total. The van der Waals surface area contributed by atoms with Crippen LogP contribution in [0.5, 0.6) is 0 Å². The minimum atomic E-state index is -1.58. The van der Waals surface area contributed by atoms with Gasteiger partial charge in [0.15, 0.2) is 0 Å². The van der Waals surface area contributed by atoms with E-state index in [2.05, 4.69) is 42.4 Å². The smallest absolute Gasteiger partial charge is 1.00 e. The number of pyridine rings is 2. The van der Waals surface area contributed by atoms with Crippen molar-refractivity contribution in [2.75, 3.05) is 0 Å². The van der Waals surface area contributed by atoms with E-state index in [0.717, 1.165) is 132 Å². The van der Waals surface area contributed by atoms with Gasteiger partial charge >= 0.3 is 29.6 Å². The number of aromatic amines is 2. The van der Waals surface area contributed by atoms with Crippen molar-refractivity contribution in [2.45, 2.75) is 121 Å². The molecule has 6 saturated carbocycles. The topological polar surface area (TPSA) is 213 Å². The fourth-order valence-electron chi connectivity index (χ4n) is 13.6. The van der Waals surface area contributed by atoms with Crippen molar-refractivity contribution in [3.63, 3.8) is 0 Å². The van der Waals surface area contributed by atoms with Crippen LogP contribution in [0.15, 0.2) is 82.1 Å². The van der Waals surface area contributed by atoms with Crippen LogP contribution in [-0.2, 0) is 16.0 Å². The molecule has 4 bridgehead atoms. The molecule has 6 aliphatic rings. The van der Waals surface area contributed by atoms with Crippen molar-refractivity contribution in [1.82, 2.24) is 40.2 Å². The van der Waals surface area contributed by atoms with Gasteiger partial charge in [-0.3, -0.25) is 14.8 Å². The fraction of sp³-hybridized carbons (Fsp3) is 0.446. The number of aryl methyl sites for hydroxylation is 4. The Kier molecular flexibility index (Phi) is 12.4. The van der Waals surface area contributed by atoms with Crippen molar-refractivity contribution >= 4 is 36.3 Å². The number of nitrogens with zero attached hydrogens (tertiary/aromatic N) is 6. The largest absolute Gasteiger partial charge is 1.00 e. The summed E-state index contributed by atoms with van der Waals surface area (Å²) < 4.78 is 11.0. The molecule has 9 atom stereocenters. The number of aliphatic hydroxyl groups excluding tert-OH is 1. The fourth-order valence-corrected chi connectivity index (χ4v) is 13.6. The van der Waals surface area contributed by atoms with Crippen LogP contribution in [-0.4, -0.2) is 75.8 Å². The molecule has 0 aliphatic heterocycles. The molecular formula is C56H59BN8NaO6. The molecule has 2 aromatic carbocycles. The Morgan fingerprint density at radius 2 is 1.11 bits per heavy atom. The number of fused-ring (bicyclic) bond motifs is 6. The number of aliphatic hydroxyl groups is 3. The number of H-pyrrole nitrogens is 2. The van der Waals surface area contributed by atoms with Crippen molar-refractivity contribution in [3.8, 4) is 22.3 Å². The minimum Gasteiger partial charge on any atom is -1.00 e. The molecule has 72 heavy (non-hydrogen) atoms.